The minimum atomic E-state index is -3.53. The molecule has 1 saturated heterocycles. The highest BCUT2D eigenvalue weighted by atomic mass is 32.2. The quantitative estimate of drug-likeness (QED) is 0.873. The van der Waals surface area contributed by atoms with E-state index in [0.29, 0.717) is 18.0 Å². The summed E-state index contributed by atoms with van der Waals surface area (Å²) in [4.78, 5) is 20.5. The van der Waals surface area contributed by atoms with Gasteiger partial charge in [0.2, 0.25) is 10.0 Å². The van der Waals surface area contributed by atoms with Gasteiger partial charge in [-0.15, -0.1) is 22.7 Å². The summed E-state index contributed by atoms with van der Waals surface area (Å²) in [5.74, 6) is -0.120. The number of likely N-dealkylation sites (tertiary alicyclic amines) is 1. The van der Waals surface area contributed by atoms with E-state index in [1.165, 1.54) is 11.3 Å². The van der Waals surface area contributed by atoms with E-state index in [4.69, 9.17) is 5.14 Å². The van der Waals surface area contributed by atoms with Crippen LogP contribution in [0.3, 0.4) is 0 Å². The molecule has 0 radical (unpaired) electrons. The Morgan fingerprint density at radius 1 is 1.42 bits per heavy atom. The highest BCUT2D eigenvalue weighted by Crippen LogP contribution is 2.31. The number of nitrogens with two attached hydrogens (primary N) is 1. The van der Waals surface area contributed by atoms with Crippen LogP contribution in [-0.2, 0) is 10.0 Å². The van der Waals surface area contributed by atoms with Crippen LogP contribution < -0.4 is 5.14 Å². The number of thiophene rings is 1. The molecule has 0 aromatic carbocycles. The van der Waals surface area contributed by atoms with Crippen molar-refractivity contribution in [2.45, 2.75) is 13.8 Å². The number of nitrogens with zero attached hydrogens (tertiary/aromatic N) is 2. The number of amides is 1. The lowest BCUT2D eigenvalue weighted by Crippen LogP contribution is -2.30. The summed E-state index contributed by atoms with van der Waals surface area (Å²) < 4.78 is 22.6. The van der Waals surface area contributed by atoms with Gasteiger partial charge in [0.1, 0.15) is 0 Å². The third-order valence-electron chi connectivity index (χ3n) is 4.19. The first-order chi connectivity index (χ1) is 11.2. The average molecular weight is 386 g/mol. The average Bonchev–Trinajstić information content (AvgIpc) is 3.17. The van der Waals surface area contributed by atoms with Gasteiger partial charge in [-0.2, -0.15) is 0 Å². The van der Waals surface area contributed by atoms with Crippen molar-refractivity contribution in [1.29, 1.82) is 0 Å². The Morgan fingerprint density at radius 2 is 2.17 bits per heavy atom. The van der Waals surface area contributed by atoms with Gasteiger partial charge in [0.25, 0.3) is 5.91 Å². The number of aryl methyl sites for hydroxylation is 1. The standard InChI is InChI=1S/C15H19N3O3S3/c1-9-5-18(6-11(9)8-24(16,20)21)15(19)14-4-3-13(23-14)12-7-22-10(2)17-12/h3-4,7,9,11H,5-6,8H2,1-2H3,(H2,16,20,21)/t9-,11+/m1/s1. The van der Waals surface area contributed by atoms with E-state index in [1.54, 1.807) is 16.2 Å². The molecule has 24 heavy (non-hydrogen) atoms. The number of hydrogen-bond donors (Lipinski definition) is 1. The number of carbonyl (C=O) groups is 1. The van der Waals surface area contributed by atoms with Crippen LogP contribution >= 0.6 is 22.7 Å². The van der Waals surface area contributed by atoms with Crippen LogP contribution in [0.4, 0.5) is 0 Å². The summed E-state index contributed by atoms with van der Waals surface area (Å²) in [5, 5.41) is 8.12. The second-order valence-corrected chi connectivity index (χ2v) is 10.00. The Morgan fingerprint density at radius 3 is 2.79 bits per heavy atom. The van der Waals surface area contributed by atoms with E-state index in [1.807, 2.05) is 31.4 Å². The molecule has 0 bridgehead atoms. The smallest absolute Gasteiger partial charge is 0.263 e. The highest BCUT2D eigenvalue weighted by Gasteiger charge is 2.35. The van der Waals surface area contributed by atoms with Gasteiger partial charge < -0.3 is 4.90 Å². The normalized spacial score (nSPS) is 21.4. The molecule has 1 aliphatic rings. The molecule has 0 aliphatic carbocycles. The van der Waals surface area contributed by atoms with E-state index >= 15 is 0 Å². The van der Waals surface area contributed by atoms with Crippen molar-refractivity contribution in [3.63, 3.8) is 0 Å². The minimum absolute atomic E-state index is 0.0537. The fraction of sp³-hybridized carbons (Fsp3) is 0.467. The Bertz CT molecular complexity index is 856. The van der Waals surface area contributed by atoms with Crippen LogP contribution in [0, 0.1) is 18.8 Å². The van der Waals surface area contributed by atoms with Gasteiger partial charge in [0.05, 0.1) is 26.2 Å². The molecule has 1 fully saturated rings. The summed E-state index contributed by atoms with van der Waals surface area (Å²) in [6, 6.07) is 3.72. The molecule has 2 atom stereocenters. The van der Waals surface area contributed by atoms with Crippen LogP contribution in [0.15, 0.2) is 17.5 Å². The van der Waals surface area contributed by atoms with Crippen molar-refractivity contribution in [3.8, 4) is 10.6 Å². The summed E-state index contributed by atoms with van der Waals surface area (Å²) >= 11 is 3.00. The van der Waals surface area contributed by atoms with Crippen molar-refractivity contribution in [2.75, 3.05) is 18.8 Å². The zero-order valence-electron chi connectivity index (χ0n) is 13.4. The maximum Gasteiger partial charge on any atom is 0.263 e. The zero-order valence-corrected chi connectivity index (χ0v) is 15.9. The number of hydrogen-bond acceptors (Lipinski definition) is 6. The summed E-state index contributed by atoms with van der Waals surface area (Å²) in [6.45, 7) is 4.90. The fourth-order valence-electron chi connectivity index (χ4n) is 2.94. The maximum atomic E-state index is 12.7. The Balaban J connectivity index is 1.72. The van der Waals surface area contributed by atoms with Gasteiger partial charge in [-0.25, -0.2) is 18.5 Å². The van der Waals surface area contributed by atoms with Crippen molar-refractivity contribution in [2.24, 2.45) is 17.0 Å². The molecule has 2 aromatic heterocycles. The Hall–Kier alpha value is -1.29. The Kier molecular flexibility index (Phi) is 4.78. The van der Waals surface area contributed by atoms with Crippen LogP contribution in [0.25, 0.3) is 10.6 Å². The molecular formula is C15H19N3O3S3. The molecule has 0 unspecified atom stereocenters. The maximum absolute atomic E-state index is 12.7. The van der Waals surface area contributed by atoms with Gasteiger partial charge in [0, 0.05) is 18.5 Å². The number of primary sulfonamides is 1. The number of aromatic nitrogens is 1. The first-order valence-electron chi connectivity index (χ1n) is 7.55. The fourth-order valence-corrected chi connectivity index (χ4v) is 5.59. The molecule has 6 nitrogen and oxygen atoms in total. The first-order valence-corrected chi connectivity index (χ1v) is 11.0. The molecular weight excluding hydrogens is 366 g/mol. The molecule has 1 aliphatic heterocycles. The van der Waals surface area contributed by atoms with Gasteiger partial charge in [0.15, 0.2) is 0 Å². The van der Waals surface area contributed by atoms with Crippen LogP contribution in [0.2, 0.25) is 0 Å². The van der Waals surface area contributed by atoms with E-state index in [9.17, 15) is 13.2 Å². The minimum Gasteiger partial charge on any atom is -0.337 e. The summed E-state index contributed by atoms with van der Waals surface area (Å²) in [6.07, 6.45) is 0. The van der Waals surface area contributed by atoms with Crippen molar-refractivity contribution in [3.05, 3.63) is 27.4 Å². The molecule has 9 heteroatoms. The lowest BCUT2D eigenvalue weighted by molar-refractivity contribution is 0.0790. The lowest BCUT2D eigenvalue weighted by Gasteiger charge is -2.15. The topological polar surface area (TPSA) is 93.4 Å². The van der Waals surface area contributed by atoms with Gasteiger partial charge in [-0.3, -0.25) is 4.79 Å². The molecule has 0 saturated carbocycles. The molecule has 3 rings (SSSR count). The van der Waals surface area contributed by atoms with E-state index in [0.717, 1.165) is 15.6 Å². The first kappa shape index (κ1) is 17.5. The van der Waals surface area contributed by atoms with E-state index < -0.39 is 10.0 Å². The van der Waals surface area contributed by atoms with Crippen molar-refractivity contribution >= 4 is 38.6 Å². The predicted octanol–water partition coefficient (Wildman–Crippen LogP) is 2.18. The zero-order chi connectivity index (χ0) is 17.5. The largest absolute Gasteiger partial charge is 0.337 e. The van der Waals surface area contributed by atoms with Gasteiger partial charge in [-0.05, 0) is 30.9 Å². The van der Waals surface area contributed by atoms with Gasteiger partial charge in [-0.1, -0.05) is 6.92 Å². The molecule has 1 amide bonds. The Labute approximate surface area is 149 Å². The summed E-state index contributed by atoms with van der Waals surface area (Å²) in [7, 11) is -3.53. The molecule has 3 heterocycles. The van der Waals surface area contributed by atoms with E-state index in [2.05, 4.69) is 4.98 Å². The van der Waals surface area contributed by atoms with Crippen LogP contribution in [0.1, 0.15) is 21.6 Å². The monoisotopic (exact) mass is 385 g/mol. The molecule has 0 spiro atoms. The highest BCUT2D eigenvalue weighted by molar-refractivity contribution is 7.89. The molecule has 2 N–H and O–H groups in total. The second-order valence-electron chi connectivity index (χ2n) is 6.19. The summed E-state index contributed by atoms with van der Waals surface area (Å²) in [5.41, 5.74) is 0.892. The van der Waals surface area contributed by atoms with Crippen LogP contribution in [0.5, 0.6) is 0 Å². The van der Waals surface area contributed by atoms with Crippen LogP contribution in [-0.4, -0.2) is 43.1 Å². The lowest BCUT2D eigenvalue weighted by atomic mass is 10.0. The van der Waals surface area contributed by atoms with Gasteiger partial charge >= 0.3 is 0 Å². The predicted molar refractivity (Wildman–Crippen MR) is 96.7 cm³/mol. The number of sulfonamides is 1. The second kappa shape index (κ2) is 6.55. The SMILES string of the molecule is Cc1nc(-c2ccc(C(=O)N3C[C@@H](CS(N)(=O)=O)[C@H](C)C3)s2)cs1. The molecule has 2 aromatic rings. The third-order valence-corrected chi connectivity index (χ3v) is 6.95. The van der Waals surface area contributed by atoms with E-state index in [-0.39, 0.29) is 23.5 Å². The van der Waals surface area contributed by atoms with Crippen molar-refractivity contribution in [1.82, 2.24) is 9.88 Å². The van der Waals surface area contributed by atoms with Crippen molar-refractivity contribution < 1.29 is 13.2 Å². The number of rotatable bonds is 4. The number of thiazole rings is 1. The molecule has 130 valence electrons. The third kappa shape index (κ3) is 3.85. The number of carbonyl (C=O) groups excluding carboxylic acids is 1.